The number of aromatic nitrogens is 1. The van der Waals surface area contributed by atoms with Gasteiger partial charge in [-0.25, -0.2) is 4.98 Å². The third-order valence-electron chi connectivity index (χ3n) is 2.14. The Hall–Kier alpha value is -0.470. The standard InChI is InChI=1S/C10H14Cl2N2/c1-2-8(11)4-3-7-5-9(12)6-14-10(7)13/h5-6,8H,2-4H2,1H3,(H2,13,14). The van der Waals surface area contributed by atoms with E-state index in [2.05, 4.69) is 11.9 Å². The van der Waals surface area contributed by atoms with Gasteiger partial charge in [-0.15, -0.1) is 11.6 Å². The summed E-state index contributed by atoms with van der Waals surface area (Å²) in [6.45, 7) is 2.07. The summed E-state index contributed by atoms with van der Waals surface area (Å²) < 4.78 is 0. The van der Waals surface area contributed by atoms with Crippen molar-refractivity contribution in [1.29, 1.82) is 0 Å². The molecular weight excluding hydrogens is 219 g/mol. The van der Waals surface area contributed by atoms with Crippen molar-refractivity contribution < 1.29 is 0 Å². The Morgan fingerprint density at radius 2 is 2.29 bits per heavy atom. The van der Waals surface area contributed by atoms with Crippen LogP contribution in [0, 0.1) is 0 Å². The highest BCUT2D eigenvalue weighted by atomic mass is 35.5. The van der Waals surface area contributed by atoms with Crippen LogP contribution in [-0.2, 0) is 6.42 Å². The molecule has 0 aliphatic heterocycles. The number of hydrogen-bond acceptors (Lipinski definition) is 2. The van der Waals surface area contributed by atoms with Gasteiger partial charge >= 0.3 is 0 Å². The second kappa shape index (κ2) is 5.42. The molecule has 0 saturated heterocycles. The van der Waals surface area contributed by atoms with Crippen LogP contribution < -0.4 is 5.73 Å². The Balaban J connectivity index is 2.62. The van der Waals surface area contributed by atoms with Crippen LogP contribution in [0.1, 0.15) is 25.3 Å². The van der Waals surface area contributed by atoms with E-state index in [1.807, 2.05) is 6.07 Å². The van der Waals surface area contributed by atoms with Gasteiger partial charge in [-0.1, -0.05) is 18.5 Å². The van der Waals surface area contributed by atoms with Crippen molar-refractivity contribution in [2.45, 2.75) is 31.6 Å². The van der Waals surface area contributed by atoms with E-state index < -0.39 is 0 Å². The smallest absolute Gasteiger partial charge is 0.126 e. The first kappa shape index (κ1) is 11.6. The molecule has 1 aromatic heterocycles. The predicted octanol–water partition coefficient (Wildman–Crippen LogP) is 3.27. The number of alkyl halides is 1. The average Bonchev–Trinajstić information content (AvgIpc) is 2.19. The Kier molecular flexibility index (Phi) is 4.49. The molecule has 2 nitrogen and oxygen atoms in total. The van der Waals surface area contributed by atoms with Crippen molar-refractivity contribution in [1.82, 2.24) is 4.98 Å². The minimum Gasteiger partial charge on any atom is -0.383 e. The Bertz CT molecular complexity index is 302. The topological polar surface area (TPSA) is 38.9 Å². The van der Waals surface area contributed by atoms with Gasteiger partial charge in [0, 0.05) is 11.6 Å². The van der Waals surface area contributed by atoms with Crippen LogP contribution in [0.3, 0.4) is 0 Å². The molecule has 0 aliphatic carbocycles. The molecule has 0 aromatic carbocycles. The van der Waals surface area contributed by atoms with Crippen molar-refractivity contribution in [3.63, 3.8) is 0 Å². The van der Waals surface area contributed by atoms with E-state index in [-0.39, 0.29) is 5.38 Å². The van der Waals surface area contributed by atoms with E-state index in [9.17, 15) is 0 Å². The number of anilines is 1. The third-order valence-corrected chi connectivity index (χ3v) is 2.87. The molecule has 1 atom stereocenters. The van der Waals surface area contributed by atoms with Gasteiger partial charge in [0.15, 0.2) is 0 Å². The largest absolute Gasteiger partial charge is 0.383 e. The number of nitrogens with zero attached hydrogens (tertiary/aromatic N) is 1. The maximum absolute atomic E-state index is 6.01. The molecule has 1 aromatic rings. The summed E-state index contributed by atoms with van der Waals surface area (Å²) in [6.07, 6.45) is 4.26. The molecule has 0 spiro atoms. The van der Waals surface area contributed by atoms with Gasteiger partial charge in [-0.05, 0) is 30.9 Å². The first-order chi connectivity index (χ1) is 6.63. The zero-order valence-electron chi connectivity index (χ0n) is 8.13. The quantitative estimate of drug-likeness (QED) is 0.810. The molecule has 78 valence electrons. The minimum absolute atomic E-state index is 0.202. The molecule has 1 heterocycles. The highest BCUT2D eigenvalue weighted by Gasteiger charge is 2.05. The molecule has 0 fully saturated rings. The van der Waals surface area contributed by atoms with Gasteiger partial charge in [-0.3, -0.25) is 0 Å². The van der Waals surface area contributed by atoms with Crippen LogP contribution >= 0.6 is 23.2 Å². The average molecular weight is 233 g/mol. The Morgan fingerprint density at radius 3 is 2.93 bits per heavy atom. The van der Waals surface area contributed by atoms with Gasteiger partial charge in [0.05, 0.1) is 5.02 Å². The highest BCUT2D eigenvalue weighted by Crippen LogP contribution is 2.19. The molecule has 0 saturated carbocycles. The monoisotopic (exact) mass is 232 g/mol. The van der Waals surface area contributed by atoms with Crippen molar-refractivity contribution >= 4 is 29.0 Å². The highest BCUT2D eigenvalue weighted by molar-refractivity contribution is 6.30. The van der Waals surface area contributed by atoms with Crippen molar-refractivity contribution in [3.8, 4) is 0 Å². The number of rotatable bonds is 4. The molecular formula is C10H14Cl2N2. The number of hydrogen-bond donors (Lipinski definition) is 1. The molecule has 2 N–H and O–H groups in total. The molecule has 1 unspecified atom stereocenters. The van der Waals surface area contributed by atoms with Crippen LogP contribution in [-0.4, -0.2) is 10.4 Å². The third kappa shape index (κ3) is 3.35. The van der Waals surface area contributed by atoms with Crippen LogP contribution in [0.4, 0.5) is 5.82 Å². The molecule has 14 heavy (non-hydrogen) atoms. The lowest BCUT2D eigenvalue weighted by Crippen LogP contribution is -2.02. The summed E-state index contributed by atoms with van der Waals surface area (Å²) >= 11 is 11.8. The summed E-state index contributed by atoms with van der Waals surface area (Å²) in [5.74, 6) is 0.550. The van der Waals surface area contributed by atoms with Gasteiger partial charge in [0.1, 0.15) is 5.82 Å². The van der Waals surface area contributed by atoms with Crippen LogP contribution in [0.25, 0.3) is 0 Å². The summed E-state index contributed by atoms with van der Waals surface area (Å²) in [4.78, 5) is 3.99. The fraction of sp³-hybridized carbons (Fsp3) is 0.500. The maximum atomic E-state index is 6.01. The SMILES string of the molecule is CCC(Cl)CCc1cc(Cl)cnc1N. The molecule has 0 radical (unpaired) electrons. The lowest BCUT2D eigenvalue weighted by atomic mass is 10.1. The van der Waals surface area contributed by atoms with Gasteiger partial charge < -0.3 is 5.73 Å². The lowest BCUT2D eigenvalue weighted by molar-refractivity contribution is 0.726. The predicted molar refractivity (Wildman–Crippen MR) is 61.9 cm³/mol. The second-order valence-corrected chi connectivity index (χ2v) is 4.30. The Labute approximate surface area is 94.4 Å². The zero-order valence-corrected chi connectivity index (χ0v) is 9.65. The van der Waals surface area contributed by atoms with E-state index in [1.54, 1.807) is 6.20 Å². The zero-order chi connectivity index (χ0) is 10.6. The number of halogens is 2. The number of nitrogens with two attached hydrogens (primary N) is 1. The van der Waals surface area contributed by atoms with E-state index in [1.165, 1.54) is 0 Å². The van der Waals surface area contributed by atoms with Gasteiger partial charge in [0.25, 0.3) is 0 Å². The molecule has 0 bridgehead atoms. The molecule has 1 rings (SSSR count). The molecule has 0 aliphatic rings. The summed E-state index contributed by atoms with van der Waals surface area (Å²) in [6, 6.07) is 1.85. The van der Waals surface area contributed by atoms with Crippen LogP contribution in [0.15, 0.2) is 12.3 Å². The minimum atomic E-state index is 0.202. The summed E-state index contributed by atoms with van der Waals surface area (Å²) in [7, 11) is 0. The van der Waals surface area contributed by atoms with Crippen LogP contribution in [0.2, 0.25) is 5.02 Å². The first-order valence-corrected chi connectivity index (χ1v) is 5.49. The van der Waals surface area contributed by atoms with E-state index in [0.29, 0.717) is 10.8 Å². The fourth-order valence-corrected chi connectivity index (χ4v) is 1.50. The van der Waals surface area contributed by atoms with Crippen LogP contribution in [0.5, 0.6) is 0 Å². The van der Waals surface area contributed by atoms with E-state index in [0.717, 1.165) is 24.8 Å². The molecule has 4 heteroatoms. The number of pyridine rings is 1. The van der Waals surface area contributed by atoms with Crippen molar-refractivity contribution in [2.24, 2.45) is 0 Å². The fourth-order valence-electron chi connectivity index (χ4n) is 1.21. The lowest BCUT2D eigenvalue weighted by Gasteiger charge is -2.07. The van der Waals surface area contributed by atoms with Gasteiger partial charge in [-0.2, -0.15) is 0 Å². The number of nitrogen functional groups attached to an aromatic ring is 1. The summed E-state index contributed by atoms with van der Waals surface area (Å²) in [5, 5.41) is 0.824. The Morgan fingerprint density at radius 1 is 1.57 bits per heavy atom. The molecule has 0 amide bonds. The van der Waals surface area contributed by atoms with Crippen molar-refractivity contribution in [2.75, 3.05) is 5.73 Å². The first-order valence-electron chi connectivity index (χ1n) is 4.67. The van der Waals surface area contributed by atoms with E-state index in [4.69, 9.17) is 28.9 Å². The summed E-state index contributed by atoms with van der Waals surface area (Å²) in [5.41, 5.74) is 6.69. The number of aryl methyl sites for hydroxylation is 1. The normalized spacial score (nSPS) is 12.8. The maximum Gasteiger partial charge on any atom is 0.126 e. The van der Waals surface area contributed by atoms with E-state index >= 15 is 0 Å². The second-order valence-electron chi connectivity index (χ2n) is 3.24. The van der Waals surface area contributed by atoms with Gasteiger partial charge in [0.2, 0.25) is 0 Å². The van der Waals surface area contributed by atoms with Crippen molar-refractivity contribution in [3.05, 3.63) is 22.8 Å².